The molecule has 0 fully saturated rings. The number of carboxylic acid groups (broad SMARTS) is 1. The average molecular weight is 473 g/mol. The molecule has 0 radical (unpaired) electrons. The van der Waals surface area contributed by atoms with Gasteiger partial charge in [-0.05, 0) is 31.6 Å². The number of unbranched alkanes of at least 4 members (excludes halogenated alkanes) is 7. The molecule has 0 bridgehead atoms. The van der Waals surface area contributed by atoms with Crippen molar-refractivity contribution >= 4 is 17.9 Å². The highest BCUT2D eigenvalue weighted by Gasteiger charge is 2.54. The molecule has 0 amide bonds. The molecule has 3 unspecified atom stereocenters. The molecule has 33 heavy (non-hydrogen) atoms. The summed E-state index contributed by atoms with van der Waals surface area (Å²) in [6.07, 6.45) is 9.95. The first-order valence-corrected chi connectivity index (χ1v) is 13.1. The third kappa shape index (κ3) is 12.4. The van der Waals surface area contributed by atoms with Crippen molar-refractivity contribution in [2.45, 2.75) is 123 Å². The minimum atomic E-state index is -2.45. The van der Waals surface area contributed by atoms with Crippen LogP contribution in [-0.4, -0.2) is 46.9 Å². The molecule has 0 aliphatic heterocycles. The Balaban J connectivity index is 5.90. The Morgan fingerprint density at radius 3 is 1.79 bits per heavy atom. The van der Waals surface area contributed by atoms with Gasteiger partial charge in [-0.1, -0.05) is 85.5 Å². The maximum atomic E-state index is 13.2. The second-order valence-electron chi connectivity index (χ2n) is 9.09. The van der Waals surface area contributed by atoms with E-state index in [2.05, 4.69) is 6.92 Å². The summed E-state index contributed by atoms with van der Waals surface area (Å²) in [6, 6.07) is 0. The van der Waals surface area contributed by atoms with E-state index < -0.39 is 35.8 Å². The highest BCUT2D eigenvalue weighted by Crippen LogP contribution is 2.37. The molecule has 0 heterocycles. The van der Waals surface area contributed by atoms with E-state index in [1.54, 1.807) is 0 Å². The van der Waals surface area contributed by atoms with Gasteiger partial charge in [-0.2, -0.15) is 0 Å². The summed E-state index contributed by atoms with van der Waals surface area (Å²) in [5.74, 6) is -4.72. The Morgan fingerprint density at radius 2 is 1.27 bits per heavy atom. The lowest BCUT2D eigenvalue weighted by molar-refractivity contribution is -0.190. The summed E-state index contributed by atoms with van der Waals surface area (Å²) in [4.78, 5) is 37.9. The van der Waals surface area contributed by atoms with Gasteiger partial charge in [0.2, 0.25) is 0 Å². The molecule has 2 N–H and O–H groups in total. The normalized spacial score (nSPS) is 14.8. The van der Waals surface area contributed by atoms with Crippen LogP contribution in [0.15, 0.2) is 0 Å². The van der Waals surface area contributed by atoms with Crippen LogP contribution in [0.4, 0.5) is 0 Å². The van der Waals surface area contributed by atoms with E-state index in [9.17, 15) is 24.6 Å². The third-order valence-electron chi connectivity index (χ3n) is 6.08. The van der Waals surface area contributed by atoms with Crippen LogP contribution in [0.5, 0.6) is 0 Å². The van der Waals surface area contributed by atoms with Crippen molar-refractivity contribution in [2.75, 3.05) is 13.2 Å². The summed E-state index contributed by atoms with van der Waals surface area (Å²) < 4.78 is 10.8. The molecule has 0 spiro atoms. The minimum Gasteiger partial charge on any atom is -0.481 e. The number of ether oxygens (including phenoxy) is 2. The van der Waals surface area contributed by atoms with Crippen LogP contribution in [0.2, 0.25) is 0 Å². The Labute approximate surface area is 200 Å². The lowest BCUT2D eigenvalue weighted by Crippen LogP contribution is -2.55. The van der Waals surface area contributed by atoms with Gasteiger partial charge in [0.1, 0.15) is 0 Å². The van der Waals surface area contributed by atoms with Gasteiger partial charge in [0.05, 0.1) is 25.6 Å². The first-order chi connectivity index (χ1) is 15.8. The molecular formula is C26H48O7. The van der Waals surface area contributed by atoms with E-state index in [-0.39, 0.29) is 19.1 Å². The van der Waals surface area contributed by atoms with Gasteiger partial charge < -0.3 is 19.7 Å². The van der Waals surface area contributed by atoms with Crippen LogP contribution < -0.4 is 0 Å². The maximum absolute atomic E-state index is 13.2. The number of esters is 2. The highest BCUT2D eigenvalue weighted by atomic mass is 16.6. The predicted octanol–water partition coefficient (Wildman–Crippen LogP) is 5.66. The minimum absolute atomic E-state index is 0.0851. The van der Waals surface area contributed by atoms with Crippen molar-refractivity contribution in [3.05, 3.63) is 0 Å². The monoisotopic (exact) mass is 472 g/mol. The second-order valence-corrected chi connectivity index (χ2v) is 9.09. The summed E-state index contributed by atoms with van der Waals surface area (Å²) in [5, 5.41) is 21.0. The fourth-order valence-corrected chi connectivity index (χ4v) is 4.26. The van der Waals surface area contributed by atoms with E-state index in [0.29, 0.717) is 25.7 Å². The molecule has 3 atom stereocenters. The Kier molecular flexibility index (Phi) is 17.8. The quantitative estimate of drug-likeness (QED) is 0.164. The molecule has 0 aromatic heterocycles. The topological polar surface area (TPSA) is 110 Å². The van der Waals surface area contributed by atoms with Gasteiger partial charge in [-0.15, -0.1) is 0 Å². The van der Waals surface area contributed by atoms with E-state index in [0.717, 1.165) is 57.8 Å². The molecule has 0 aliphatic rings. The first kappa shape index (κ1) is 31.4. The van der Waals surface area contributed by atoms with Crippen LogP contribution in [0.3, 0.4) is 0 Å². The Hall–Kier alpha value is -1.63. The van der Waals surface area contributed by atoms with E-state index >= 15 is 0 Å². The van der Waals surface area contributed by atoms with Crippen molar-refractivity contribution in [1.82, 2.24) is 0 Å². The summed E-state index contributed by atoms with van der Waals surface area (Å²) in [6.45, 7) is 8.41. The Morgan fingerprint density at radius 1 is 0.727 bits per heavy atom. The fraction of sp³-hybridized carbons (Fsp3) is 0.885. The smallest absolute Gasteiger partial charge is 0.339 e. The number of hydrogen-bond acceptors (Lipinski definition) is 6. The molecule has 0 saturated carbocycles. The summed E-state index contributed by atoms with van der Waals surface area (Å²) in [5.41, 5.74) is -2.45. The van der Waals surface area contributed by atoms with Crippen LogP contribution in [-0.2, 0) is 23.9 Å². The fourth-order valence-electron chi connectivity index (χ4n) is 4.26. The molecule has 194 valence electrons. The molecule has 0 aliphatic carbocycles. The van der Waals surface area contributed by atoms with Crippen molar-refractivity contribution in [3.8, 4) is 0 Å². The zero-order valence-corrected chi connectivity index (χ0v) is 21.4. The van der Waals surface area contributed by atoms with Crippen LogP contribution >= 0.6 is 0 Å². The Bertz CT molecular complexity index is 549. The van der Waals surface area contributed by atoms with Crippen LogP contribution in [0.1, 0.15) is 118 Å². The zero-order valence-electron chi connectivity index (χ0n) is 21.4. The van der Waals surface area contributed by atoms with Gasteiger partial charge in [-0.25, -0.2) is 4.79 Å². The summed E-state index contributed by atoms with van der Waals surface area (Å²) >= 11 is 0. The van der Waals surface area contributed by atoms with Crippen LogP contribution in [0.25, 0.3) is 0 Å². The second kappa shape index (κ2) is 18.8. The molecule has 7 nitrogen and oxygen atoms in total. The van der Waals surface area contributed by atoms with Crippen molar-refractivity contribution < 1.29 is 34.1 Å². The first-order valence-electron chi connectivity index (χ1n) is 13.1. The predicted molar refractivity (Wildman–Crippen MR) is 129 cm³/mol. The lowest BCUT2D eigenvalue weighted by Gasteiger charge is -2.36. The van der Waals surface area contributed by atoms with E-state index in [1.807, 2.05) is 20.8 Å². The number of carbonyl (C=O) groups is 3. The summed E-state index contributed by atoms with van der Waals surface area (Å²) in [7, 11) is 0. The van der Waals surface area contributed by atoms with Crippen molar-refractivity contribution in [1.29, 1.82) is 0 Å². The number of aliphatic carboxylic acids is 1. The van der Waals surface area contributed by atoms with Crippen molar-refractivity contribution in [2.24, 2.45) is 11.8 Å². The van der Waals surface area contributed by atoms with Gasteiger partial charge in [0.15, 0.2) is 5.60 Å². The number of rotatable bonds is 21. The zero-order chi connectivity index (χ0) is 25.1. The number of aliphatic hydroxyl groups is 1. The molecule has 0 aromatic carbocycles. The van der Waals surface area contributed by atoms with Gasteiger partial charge >= 0.3 is 17.9 Å². The molecule has 0 rings (SSSR count). The SMILES string of the molecule is CCCCCCC(CCC)C(C(=O)OCCCCC)C(O)(CC(=O)O)C(=O)OCCCCC. The maximum Gasteiger partial charge on any atom is 0.339 e. The number of carbonyl (C=O) groups excluding carboxylic acids is 2. The standard InChI is InChI=1S/C26H48O7/c1-5-9-12-13-17-21(16-8-4)23(24(29)32-18-14-10-6-2)26(31,20-22(27)28)25(30)33-19-15-11-7-3/h21,23,31H,5-20H2,1-4H3,(H,27,28). The number of hydrogen-bond donors (Lipinski definition) is 2. The molecule has 7 heteroatoms. The van der Waals surface area contributed by atoms with Crippen LogP contribution in [0, 0.1) is 11.8 Å². The third-order valence-corrected chi connectivity index (χ3v) is 6.08. The highest BCUT2D eigenvalue weighted by molar-refractivity contribution is 5.91. The van der Waals surface area contributed by atoms with Crippen molar-refractivity contribution in [3.63, 3.8) is 0 Å². The largest absolute Gasteiger partial charge is 0.481 e. The number of carboxylic acids is 1. The van der Waals surface area contributed by atoms with Gasteiger partial charge in [0, 0.05) is 0 Å². The lowest BCUT2D eigenvalue weighted by atomic mass is 9.72. The molecule has 0 aromatic rings. The van der Waals surface area contributed by atoms with Gasteiger partial charge in [-0.3, -0.25) is 9.59 Å². The molecular weight excluding hydrogens is 424 g/mol. The van der Waals surface area contributed by atoms with E-state index in [4.69, 9.17) is 9.47 Å². The average Bonchev–Trinajstić information content (AvgIpc) is 2.76. The van der Waals surface area contributed by atoms with Gasteiger partial charge in [0.25, 0.3) is 0 Å². The van der Waals surface area contributed by atoms with E-state index in [1.165, 1.54) is 0 Å². The molecule has 0 saturated heterocycles.